The Labute approximate surface area is 127 Å². The van der Waals surface area contributed by atoms with Crippen molar-refractivity contribution >= 4 is 23.8 Å². The second-order valence-electron chi connectivity index (χ2n) is 4.42. The van der Waals surface area contributed by atoms with Crippen LogP contribution in [0, 0.1) is 4.77 Å². The van der Waals surface area contributed by atoms with Gasteiger partial charge < -0.3 is 10.1 Å². The summed E-state index contributed by atoms with van der Waals surface area (Å²) in [5, 5.41) is 9.60. The Balaban J connectivity index is 2.04. The number of carbonyl (C=O) groups is 1. The van der Waals surface area contributed by atoms with Gasteiger partial charge in [-0.2, -0.15) is 5.10 Å². The highest BCUT2D eigenvalue weighted by atomic mass is 32.1. The number of methoxy groups -OCH3 is 1. The number of nitrogens with one attached hydrogen (secondary N) is 2. The van der Waals surface area contributed by atoms with Crippen molar-refractivity contribution in [1.82, 2.24) is 19.7 Å². The van der Waals surface area contributed by atoms with Crippen molar-refractivity contribution in [2.75, 3.05) is 12.4 Å². The smallest absolute Gasteiger partial charge is 0.244 e. The number of hydrogen-bond donors (Lipinski definition) is 2. The van der Waals surface area contributed by atoms with E-state index in [-0.39, 0.29) is 12.5 Å². The SMILES string of the molecule is CCCc1n[nH]c(=S)n1CC(=O)Nc1ccc(OC)nc1. The van der Waals surface area contributed by atoms with Crippen molar-refractivity contribution in [2.45, 2.75) is 26.3 Å². The molecule has 21 heavy (non-hydrogen) atoms. The van der Waals surface area contributed by atoms with Gasteiger partial charge in [-0.15, -0.1) is 0 Å². The number of aryl methyl sites for hydroxylation is 1. The third kappa shape index (κ3) is 3.88. The molecule has 0 aliphatic carbocycles. The van der Waals surface area contributed by atoms with Crippen LogP contribution in [0.15, 0.2) is 18.3 Å². The lowest BCUT2D eigenvalue weighted by atomic mass is 10.3. The number of nitrogens with zero attached hydrogens (tertiary/aromatic N) is 3. The van der Waals surface area contributed by atoms with Gasteiger partial charge in [-0.3, -0.25) is 14.5 Å². The van der Waals surface area contributed by atoms with Crippen LogP contribution in [0.25, 0.3) is 0 Å². The summed E-state index contributed by atoms with van der Waals surface area (Å²) in [7, 11) is 1.54. The van der Waals surface area contributed by atoms with Gasteiger partial charge in [0.05, 0.1) is 19.0 Å². The molecule has 0 spiro atoms. The average Bonchev–Trinajstić information content (AvgIpc) is 2.81. The molecule has 0 aromatic carbocycles. The van der Waals surface area contributed by atoms with E-state index in [9.17, 15) is 4.79 Å². The fraction of sp³-hybridized carbons (Fsp3) is 0.385. The van der Waals surface area contributed by atoms with Crippen LogP contribution in [-0.4, -0.2) is 32.8 Å². The van der Waals surface area contributed by atoms with Gasteiger partial charge >= 0.3 is 0 Å². The molecule has 0 saturated heterocycles. The van der Waals surface area contributed by atoms with E-state index >= 15 is 0 Å². The molecule has 2 aromatic rings. The minimum absolute atomic E-state index is 0.122. The van der Waals surface area contributed by atoms with Gasteiger partial charge in [0.15, 0.2) is 4.77 Å². The van der Waals surface area contributed by atoms with Crippen LogP contribution < -0.4 is 10.1 Å². The second kappa shape index (κ2) is 6.98. The summed E-state index contributed by atoms with van der Waals surface area (Å²) in [6.45, 7) is 2.17. The lowest BCUT2D eigenvalue weighted by Crippen LogP contribution is -2.20. The number of aromatic nitrogens is 4. The van der Waals surface area contributed by atoms with Crippen LogP contribution in [0.3, 0.4) is 0 Å². The molecule has 0 aliphatic heterocycles. The Morgan fingerprint density at radius 3 is 2.95 bits per heavy atom. The van der Waals surface area contributed by atoms with Crippen LogP contribution in [0.4, 0.5) is 5.69 Å². The van der Waals surface area contributed by atoms with Gasteiger partial charge in [0.1, 0.15) is 12.4 Å². The van der Waals surface area contributed by atoms with Crippen molar-refractivity contribution < 1.29 is 9.53 Å². The number of rotatable bonds is 6. The third-order valence-electron chi connectivity index (χ3n) is 2.84. The largest absolute Gasteiger partial charge is 0.481 e. The molecule has 8 heteroatoms. The fourth-order valence-electron chi connectivity index (χ4n) is 1.85. The molecule has 0 bridgehead atoms. The predicted octanol–water partition coefficient (Wildman–Crippen LogP) is 1.94. The quantitative estimate of drug-likeness (QED) is 0.797. The minimum atomic E-state index is -0.184. The zero-order valence-corrected chi connectivity index (χ0v) is 12.7. The molecule has 0 saturated carbocycles. The monoisotopic (exact) mass is 307 g/mol. The first kappa shape index (κ1) is 15.2. The molecule has 7 nitrogen and oxygen atoms in total. The maximum absolute atomic E-state index is 12.1. The number of carbonyl (C=O) groups excluding carboxylic acids is 1. The Hall–Kier alpha value is -2.22. The van der Waals surface area contributed by atoms with Crippen molar-refractivity contribution in [3.05, 3.63) is 28.9 Å². The van der Waals surface area contributed by atoms with Crippen LogP contribution in [-0.2, 0) is 17.8 Å². The van der Waals surface area contributed by atoms with Crippen molar-refractivity contribution in [3.8, 4) is 5.88 Å². The standard InChI is InChI=1S/C13H17N5O2S/c1-3-4-10-16-17-13(21)18(10)8-11(19)15-9-5-6-12(20-2)14-7-9/h5-7H,3-4,8H2,1-2H3,(H,15,19)(H,17,21). The summed E-state index contributed by atoms with van der Waals surface area (Å²) in [4.78, 5) is 16.1. The lowest BCUT2D eigenvalue weighted by molar-refractivity contribution is -0.116. The normalized spacial score (nSPS) is 10.4. The number of aromatic amines is 1. The highest BCUT2D eigenvalue weighted by Crippen LogP contribution is 2.11. The molecular formula is C13H17N5O2S. The number of H-pyrrole nitrogens is 1. The maximum atomic E-state index is 12.1. The molecule has 112 valence electrons. The van der Waals surface area contributed by atoms with Gasteiger partial charge in [-0.05, 0) is 24.7 Å². The lowest BCUT2D eigenvalue weighted by Gasteiger charge is -2.08. The van der Waals surface area contributed by atoms with E-state index in [0.29, 0.717) is 16.3 Å². The zero-order chi connectivity index (χ0) is 15.2. The van der Waals surface area contributed by atoms with Gasteiger partial charge in [-0.1, -0.05) is 6.92 Å². The van der Waals surface area contributed by atoms with Crippen molar-refractivity contribution in [1.29, 1.82) is 0 Å². The Kier molecular flexibility index (Phi) is 5.04. The molecule has 0 atom stereocenters. The Bertz CT molecular complexity index is 662. The first-order valence-electron chi connectivity index (χ1n) is 6.58. The fourth-order valence-corrected chi connectivity index (χ4v) is 2.06. The molecule has 2 N–H and O–H groups in total. The van der Waals surface area contributed by atoms with Crippen LogP contribution in [0.1, 0.15) is 19.2 Å². The van der Waals surface area contributed by atoms with Gasteiger partial charge in [0.25, 0.3) is 0 Å². The van der Waals surface area contributed by atoms with Crippen LogP contribution in [0.5, 0.6) is 5.88 Å². The molecular weight excluding hydrogens is 290 g/mol. The summed E-state index contributed by atoms with van der Waals surface area (Å²) < 4.78 is 7.11. The van der Waals surface area contributed by atoms with Crippen LogP contribution >= 0.6 is 12.2 Å². The summed E-state index contributed by atoms with van der Waals surface area (Å²) >= 11 is 5.14. The predicted molar refractivity (Wildman–Crippen MR) is 80.8 cm³/mol. The van der Waals surface area contributed by atoms with Crippen molar-refractivity contribution in [2.24, 2.45) is 0 Å². The summed E-state index contributed by atoms with van der Waals surface area (Å²) in [6, 6.07) is 3.41. The number of hydrogen-bond acceptors (Lipinski definition) is 5. The molecule has 2 rings (SSSR count). The Morgan fingerprint density at radius 1 is 1.52 bits per heavy atom. The van der Waals surface area contributed by atoms with E-state index in [1.165, 1.54) is 7.11 Å². The highest BCUT2D eigenvalue weighted by molar-refractivity contribution is 7.71. The van der Waals surface area contributed by atoms with E-state index in [0.717, 1.165) is 18.7 Å². The number of ether oxygens (including phenoxy) is 1. The molecule has 0 unspecified atom stereocenters. The second-order valence-corrected chi connectivity index (χ2v) is 4.81. The maximum Gasteiger partial charge on any atom is 0.244 e. The Morgan fingerprint density at radius 2 is 2.33 bits per heavy atom. The summed E-state index contributed by atoms with van der Waals surface area (Å²) in [6.07, 6.45) is 3.24. The van der Waals surface area contributed by atoms with E-state index in [1.807, 2.05) is 6.92 Å². The first-order chi connectivity index (χ1) is 10.1. The van der Waals surface area contributed by atoms with Crippen LogP contribution in [0.2, 0.25) is 0 Å². The summed E-state index contributed by atoms with van der Waals surface area (Å²) in [5.74, 6) is 1.10. The highest BCUT2D eigenvalue weighted by Gasteiger charge is 2.10. The third-order valence-corrected chi connectivity index (χ3v) is 3.15. The van der Waals surface area contributed by atoms with E-state index in [1.54, 1.807) is 22.9 Å². The van der Waals surface area contributed by atoms with Gasteiger partial charge in [-0.25, -0.2) is 4.98 Å². The zero-order valence-electron chi connectivity index (χ0n) is 11.9. The van der Waals surface area contributed by atoms with E-state index < -0.39 is 0 Å². The first-order valence-corrected chi connectivity index (χ1v) is 6.98. The molecule has 0 aliphatic rings. The molecule has 2 heterocycles. The molecule has 0 fully saturated rings. The van der Waals surface area contributed by atoms with Gasteiger partial charge in [0.2, 0.25) is 11.8 Å². The van der Waals surface area contributed by atoms with Crippen molar-refractivity contribution in [3.63, 3.8) is 0 Å². The number of pyridine rings is 1. The minimum Gasteiger partial charge on any atom is -0.481 e. The summed E-state index contributed by atoms with van der Waals surface area (Å²) in [5.41, 5.74) is 0.604. The average molecular weight is 307 g/mol. The number of anilines is 1. The molecule has 1 amide bonds. The molecule has 0 radical (unpaired) electrons. The van der Waals surface area contributed by atoms with E-state index in [4.69, 9.17) is 17.0 Å². The van der Waals surface area contributed by atoms with Gasteiger partial charge in [0, 0.05) is 12.5 Å². The topological polar surface area (TPSA) is 84.8 Å². The molecule has 2 aromatic heterocycles. The number of amides is 1. The van der Waals surface area contributed by atoms with E-state index in [2.05, 4.69) is 20.5 Å².